The van der Waals surface area contributed by atoms with Gasteiger partial charge in [0.2, 0.25) is 5.91 Å². The summed E-state index contributed by atoms with van der Waals surface area (Å²) >= 11 is 1.87. The maximum atomic E-state index is 12.7. The molecule has 4 nitrogen and oxygen atoms in total. The van der Waals surface area contributed by atoms with Gasteiger partial charge in [-0.3, -0.25) is 4.79 Å². The van der Waals surface area contributed by atoms with Crippen LogP contribution in [0.1, 0.15) is 24.0 Å². The largest absolute Gasteiger partial charge is 0.480 e. The molecule has 1 aromatic rings. The van der Waals surface area contributed by atoms with Gasteiger partial charge in [0.25, 0.3) is 0 Å². The molecule has 112 valence electrons. The molecular formula is C16H19NO3S. The number of carboxylic acids is 1. The summed E-state index contributed by atoms with van der Waals surface area (Å²) in [6.45, 7) is 0.426. The van der Waals surface area contributed by atoms with Crippen LogP contribution < -0.4 is 0 Å². The minimum atomic E-state index is -0.900. The maximum absolute atomic E-state index is 12.7. The molecule has 0 aliphatic carbocycles. The van der Waals surface area contributed by atoms with Crippen LogP contribution in [0.5, 0.6) is 0 Å². The molecule has 2 aliphatic heterocycles. The Bertz CT molecular complexity index is 554. The topological polar surface area (TPSA) is 57.6 Å². The van der Waals surface area contributed by atoms with Gasteiger partial charge in [0.05, 0.1) is 0 Å². The molecule has 0 bridgehead atoms. The zero-order valence-corrected chi connectivity index (χ0v) is 12.6. The van der Waals surface area contributed by atoms with Crippen LogP contribution in [-0.2, 0) is 22.6 Å². The number of nitrogens with zero attached hydrogens (tertiary/aromatic N) is 1. The van der Waals surface area contributed by atoms with Crippen LogP contribution >= 0.6 is 11.8 Å². The molecular weight excluding hydrogens is 286 g/mol. The van der Waals surface area contributed by atoms with Crippen LogP contribution in [0, 0.1) is 5.92 Å². The Kier molecular flexibility index (Phi) is 4.19. The van der Waals surface area contributed by atoms with Gasteiger partial charge in [-0.25, -0.2) is 4.79 Å². The fraction of sp³-hybridized carbons (Fsp3) is 0.500. The smallest absolute Gasteiger partial charge is 0.326 e. The standard InChI is InChI=1S/C16H19NO3S/c18-15(11-5-7-21-8-6-11)17-10-13-4-2-1-3-12(13)9-14(17)16(19)20/h1-4,11,14H,5-10H2,(H,19,20). The lowest BCUT2D eigenvalue weighted by molar-refractivity contribution is -0.153. The van der Waals surface area contributed by atoms with Crippen molar-refractivity contribution >= 4 is 23.6 Å². The highest BCUT2D eigenvalue weighted by Gasteiger charge is 2.37. The van der Waals surface area contributed by atoms with Gasteiger partial charge in [-0.1, -0.05) is 24.3 Å². The summed E-state index contributed by atoms with van der Waals surface area (Å²) in [4.78, 5) is 25.9. The predicted molar refractivity (Wildman–Crippen MR) is 82.2 cm³/mol. The van der Waals surface area contributed by atoms with Crippen molar-refractivity contribution < 1.29 is 14.7 Å². The zero-order chi connectivity index (χ0) is 14.8. The third-order valence-corrected chi connectivity index (χ3v) is 5.44. The van der Waals surface area contributed by atoms with E-state index >= 15 is 0 Å². The number of carbonyl (C=O) groups excluding carboxylic acids is 1. The average molecular weight is 305 g/mol. The third kappa shape index (κ3) is 2.93. The number of rotatable bonds is 2. The summed E-state index contributed by atoms with van der Waals surface area (Å²) in [5, 5.41) is 9.48. The lowest BCUT2D eigenvalue weighted by atomic mass is 9.91. The van der Waals surface area contributed by atoms with Crippen LogP contribution in [0.15, 0.2) is 24.3 Å². The molecule has 2 aliphatic rings. The van der Waals surface area contributed by atoms with Gasteiger partial charge >= 0.3 is 5.97 Å². The molecule has 1 amide bonds. The first-order chi connectivity index (χ1) is 10.2. The van der Waals surface area contributed by atoms with Crippen molar-refractivity contribution in [3.8, 4) is 0 Å². The average Bonchev–Trinajstić information content (AvgIpc) is 2.53. The summed E-state index contributed by atoms with van der Waals surface area (Å²) < 4.78 is 0. The van der Waals surface area contributed by atoms with Crippen LogP contribution in [0.25, 0.3) is 0 Å². The van der Waals surface area contributed by atoms with Crippen LogP contribution in [0.3, 0.4) is 0 Å². The van der Waals surface area contributed by atoms with Crippen molar-refractivity contribution in [1.82, 2.24) is 4.90 Å². The van der Waals surface area contributed by atoms with E-state index < -0.39 is 12.0 Å². The summed E-state index contributed by atoms with van der Waals surface area (Å²) in [5.41, 5.74) is 2.13. The van der Waals surface area contributed by atoms with E-state index in [1.54, 1.807) is 4.90 Å². The molecule has 1 fully saturated rings. The second-order valence-corrected chi connectivity index (χ2v) is 6.90. The van der Waals surface area contributed by atoms with E-state index in [0.717, 1.165) is 35.5 Å². The summed E-state index contributed by atoms with van der Waals surface area (Å²) in [5.74, 6) is 1.12. The maximum Gasteiger partial charge on any atom is 0.326 e. The molecule has 1 N–H and O–H groups in total. The van der Waals surface area contributed by atoms with Gasteiger partial charge in [-0.05, 0) is 35.5 Å². The number of carbonyl (C=O) groups is 2. The quantitative estimate of drug-likeness (QED) is 0.910. The molecule has 21 heavy (non-hydrogen) atoms. The number of hydrogen-bond acceptors (Lipinski definition) is 3. The van der Waals surface area contributed by atoms with Crippen LogP contribution in [-0.4, -0.2) is 39.4 Å². The highest BCUT2D eigenvalue weighted by Crippen LogP contribution is 2.29. The number of fused-ring (bicyclic) bond motifs is 1. The summed E-state index contributed by atoms with van der Waals surface area (Å²) in [7, 11) is 0. The van der Waals surface area contributed by atoms with Gasteiger partial charge in [0.15, 0.2) is 0 Å². The van der Waals surface area contributed by atoms with Crippen molar-refractivity contribution in [3.63, 3.8) is 0 Å². The van der Waals surface area contributed by atoms with E-state index in [9.17, 15) is 14.7 Å². The lowest BCUT2D eigenvalue weighted by Gasteiger charge is -2.37. The van der Waals surface area contributed by atoms with Crippen molar-refractivity contribution in [3.05, 3.63) is 35.4 Å². The number of thioether (sulfide) groups is 1. The number of carboxylic acid groups (broad SMARTS) is 1. The Hall–Kier alpha value is -1.49. The van der Waals surface area contributed by atoms with Gasteiger partial charge in [-0.2, -0.15) is 11.8 Å². The van der Waals surface area contributed by atoms with Crippen molar-refractivity contribution in [2.24, 2.45) is 5.92 Å². The number of benzene rings is 1. The van der Waals surface area contributed by atoms with Crippen molar-refractivity contribution in [2.45, 2.75) is 31.8 Å². The Morgan fingerprint density at radius 1 is 1.14 bits per heavy atom. The van der Waals surface area contributed by atoms with Crippen molar-refractivity contribution in [2.75, 3.05) is 11.5 Å². The van der Waals surface area contributed by atoms with Crippen LogP contribution in [0.4, 0.5) is 0 Å². The van der Waals surface area contributed by atoms with E-state index in [1.165, 1.54) is 0 Å². The lowest BCUT2D eigenvalue weighted by Crippen LogP contribution is -2.51. The first kappa shape index (κ1) is 14.4. The molecule has 1 unspecified atom stereocenters. The van der Waals surface area contributed by atoms with E-state index in [4.69, 9.17) is 0 Å². The summed E-state index contributed by atoms with van der Waals surface area (Å²) in [6.07, 6.45) is 2.15. The molecule has 0 saturated carbocycles. The number of aliphatic carboxylic acids is 1. The zero-order valence-electron chi connectivity index (χ0n) is 11.8. The fourth-order valence-corrected chi connectivity index (χ4v) is 4.26. The molecule has 2 heterocycles. The minimum absolute atomic E-state index is 0.00152. The molecule has 5 heteroatoms. The van der Waals surface area contributed by atoms with Gasteiger partial charge in [0.1, 0.15) is 6.04 Å². The molecule has 0 aromatic heterocycles. The van der Waals surface area contributed by atoms with Gasteiger partial charge < -0.3 is 10.0 Å². The minimum Gasteiger partial charge on any atom is -0.480 e. The summed E-state index contributed by atoms with van der Waals surface area (Å²) in [6, 6.07) is 7.10. The molecule has 1 aromatic carbocycles. The Labute approximate surface area is 128 Å². The monoisotopic (exact) mass is 305 g/mol. The van der Waals surface area contributed by atoms with E-state index in [1.807, 2.05) is 36.0 Å². The van der Waals surface area contributed by atoms with Gasteiger partial charge in [-0.15, -0.1) is 0 Å². The second kappa shape index (κ2) is 6.10. The second-order valence-electron chi connectivity index (χ2n) is 5.68. The number of hydrogen-bond donors (Lipinski definition) is 1. The van der Waals surface area contributed by atoms with E-state index in [0.29, 0.717) is 13.0 Å². The first-order valence-electron chi connectivity index (χ1n) is 7.34. The Balaban J connectivity index is 1.85. The highest BCUT2D eigenvalue weighted by molar-refractivity contribution is 7.99. The Morgan fingerprint density at radius 3 is 2.48 bits per heavy atom. The SMILES string of the molecule is O=C(O)C1Cc2ccccc2CN1C(=O)C1CCSCC1. The molecule has 0 radical (unpaired) electrons. The predicted octanol–water partition coefficient (Wildman–Crippen LogP) is 2.17. The Morgan fingerprint density at radius 2 is 1.81 bits per heavy atom. The molecule has 3 rings (SSSR count). The van der Waals surface area contributed by atoms with Crippen LogP contribution in [0.2, 0.25) is 0 Å². The van der Waals surface area contributed by atoms with E-state index in [2.05, 4.69) is 0 Å². The highest BCUT2D eigenvalue weighted by atomic mass is 32.2. The van der Waals surface area contributed by atoms with E-state index in [-0.39, 0.29) is 11.8 Å². The van der Waals surface area contributed by atoms with Gasteiger partial charge in [0, 0.05) is 18.9 Å². The third-order valence-electron chi connectivity index (χ3n) is 4.39. The number of amides is 1. The van der Waals surface area contributed by atoms with Crippen molar-refractivity contribution in [1.29, 1.82) is 0 Å². The molecule has 1 saturated heterocycles. The molecule has 0 spiro atoms. The fourth-order valence-electron chi connectivity index (χ4n) is 3.15. The first-order valence-corrected chi connectivity index (χ1v) is 8.50. The molecule has 1 atom stereocenters. The normalized spacial score (nSPS) is 22.7.